The molecule has 0 spiro atoms. The predicted molar refractivity (Wildman–Crippen MR) is 71.6 cm³/mol. The van der Waals surface area contributed by atoms with Crippen LogP contribution in [0.4, 0.5) is 8.78 Å². The Balaban J connectivity index is 1.94. The number of nitrogens with zero attached hydrogens (tertiary/aromatic N) is 1. The highest BCUT2D eigenvalue weighted by molar-refractivity contribution is 5.80. The summed E-state index contributed by atoms with van der Waals surface area (Å²) in [7, 11) is 0. The van der Waals surface area contributed by atoms with Crippen molar-refractivity contribution in [3.63, 3.8) is 0 Å². The first kappa shape index (κ1) is 15.4. The average molecular weight is 297 g/mol. The van der Waals surface area contributed by atoms with Gasteiger partial charge in [0.05, 0.1) is 5.41 Å². The second-order valence-corrected chi connectivity index (χ2v) is 5.64. The number of carboxylic acids is 1. The van der Waals surface area contributed by atoms with Crippen molar-refractivity contribution in [3.05, 3.63) is 35.4 Å². The Labute approximate surface area is 121 Å². The SMILES string of the molecule is C[C@@]1(C(=O)O)CCN(C(=O)CCc2cccc(F)c2F)C1. The molecule has 1 aromatic rings. The van der Waals surface area contributed by atoms with Gasteiger partial charge in [0.15, 0.2) is 11.6 Å². The van der Waals surface area contributed by atoms with Crippen LogP contribution in [0.15, 0.2) is 18.2 Å². The van der Waals surface area contributed by atoms with E-state index in [9.17, 15) is 18.4 Å². The van der Waals surface area contributed by atoms with Gasteiger partial charge in [-0.15, -0.1) is 0 Å². The molecule has 0 unspecified atom stereocenters. The summed E-state index contributed by atoms with van der Waals surface area (Å²) in [6.45, 7) is 2.15. The number of amides is 1. The van der Waals surface area contributed by atoms with Gasteiger partial charge in [0.2, 0.25) is 5.91 Å². The largest absolute Gasteiger partial charge is 0.481 e. The number of likely N-dealkylation sites (tertiary alicyclic amines) is 1. The van der Waals surface area contributed by atoms with Gasteiger partial charge in [-0.1, -0.05) is 12.1 Å². The van der Waals surface area contributed by atoms with Crippen LogP contribution < -0.4 is 0 Å². The summed E-state index contributed by atoms with van der Waals surface area (Å²) in [5.74, 6) is -3.01. The van der Waals surface area contributed by atoms with E-state index in [1.54, 1.807) is 6.92 Å². The summed E-state index contributed by atoms with van der Waals surface area (Å²) in [6, 6.07) is 3.87. The highest BCUT2D eigenvalue weighted by Gasteiger charge is 2.41. The molecule has 4 nitrogen and oxygen atoms in total. The first-order chi connectivity index (χ1) is 9.83. The van der Waals surface area contributed by atoms with Gasteiger partial charge in [0.25, 0.3) is 0 Å². The second-order valence-electron chi connectivity index (χ2n) is 5.64. The summed E-state index contributed by atoms with van der Waals surface area (Å²) < 4.78 is 26.5. The molecule has 21 heavy (non-hydrogen) atoms. The van der Waals surface area contributed by atoms with E-state index in [4.69, 9.17) is 5.11 Å². The third-order valence-electron chi connectivity index (χ3n) is 3.98. The van der Waals surface area contributed by atoms with Crippen LogP contribution in [-0.2, 0) is 16.0 Å². The van der Waals surface area contributed by atoms with E-state index in [-0.39, 0.29) is 30.9 Å². The van der Waals surface area contributed by atoms with Crippen LogP contribution in [-0.4, -0.2) is 35.0 Å². The molecule has 1 atom stereocenters. The molecule has 114 valence electrons. The zero-order valence-electron chi connectivity index (χ0n) is 11.7. The summed E-state index contributed by atoms with van der Waals surface area (Å²) in [4.78, 5) is 24.6. The number of hydrogen-bond donors (Lipinski definition) is 1. The topological polar surface area (TPSA) is 57.6 Å². The maximum Gasteiger partial charge on any atom is 0.311 e. The molecule has 0 bridgehead atoms. The molecule has 1 aliphatic heterocycles. The van der Waals surface area contributed by atoms with Crippen molar-refractivity contribution in [2.75, 3.05) is 13.1 Å². The first-order valence-electron chi connectivity index (χ1n) is 6.77. The Kier molecular flexibility index (Phi) is 4.25. The molecule has 1 N–H and O–H groups in total. The van der Waals surface area contributed by atoms with E-state index >= 15 is 0 Å². The molecule has 2 rings (SSSR count). The molecule has 1 heterocycles. The Morgan fingerprint density at radius 1 is 1.38 bits per heavy atom. The van der Waals surface area contributed by atoms with Crippen LogP contribution in [0.5, 0.6) is 0 Å². The van der Waals surface area contributed by atoms with E-state index in [1.807, 2.05) is 0 Å². The second kappa shape index (κ2) is 5.79. The summed E-state index contributed by atoms with van der Waals surface area (Å²) in [5.41, 5.74) is -0.761. The number of carbonyl (C=O) groups excluding carboxylic acids is 1. The minimum Gasteiger partial charge on any atom is -0.481 e. The molecular weight excluding hydrogens is 280 g/mol. The van der Waals surface area contributed by atoms with Gasteiger partial charge >= 0.3 is 5.97 Å². The Morgan fingerprint density at radius 2 is 2.10 bits per heavy atom. The molecule has 0 radical (unpaired) electrons. The molecule has 1 fully saturated rings. The standard InChI is InChI=1S/C15H17F2NO3/c1-15(14(20)21)7-8-18(9-15)12(19)6-5-10-3-2-4-11(16)13(10)17/h2-4H,5-9H2,1H3,(H,20,21)/t15-/m1/s1. The Hall–Kier alpha value is -1.98. The normalized spacial score (nSPS) is 21.6. The molecule has 0 saturated carbocycles. The van der Waals surface area contributed by atoms with Crippen molar-refractivity contribution < 1.29 is 23.5 Å². The van der Waals surface area contributed by atoms with Gasteiger partial charge in [-0.25, -0.2) is 8.78 Å². The van der Waals surface area contributed by atoms with Crippen LogP contribution in [0.2, 0.25) is 0 Å². The number of benzene rings is 1. The summed E-state index contributed by atoms with van der Waals surface area (Å²) in [6.07, 6.45) is 0.543. The van der Waals surface area contributed by atoms with Gasteiger partial charge < -0.3 is 10.0 Å². The zero-order valence-corrected chi connectivity index (χ0v) is 11.7. The van der Waals surface area contributed by atoms with Gasteiger partial charge in [-0.2, -0.15) is 0 Å². The van der Waals surface area contributed by atoms with Crippen molar-refractivity contribution in [1.82, 2.24) is 4.90 Å². The van der Waals surface area contributed by atoms with E-state index < -0.39 is 23.0 Å². The van der Waals surface area contributed by atoms with Crippen molar-refractivity contribution >= 4 is 11.9 Å². The molecule has 0 aromatic heterocycles. The minimum atomic E-state index is -0.931. The van der Waals surface area contributed by atoms with Crippen LogP contribution in [0.25, 0.3) is 0 Å². The smallest absolute Gasteiger partial charge is 0.311 e. The summed E-state index contributed by atoms with van der Waals surface area (Å²) in [5, 5.41) is 9.12. The van der Waals surface area contributed by atoms with Gasteiger partial charge in [0.1, 0.15) is 0 Å². The lowest BCUT2D eigenvalue weighted by atomic mass is 9.90. The maximum atomic E-state index is 13.5. The van der Waals surface area contributed by atoms with E-state index in [1.165, 1.54) is 17.0 Å². The lowest BCUT2D eigenvalue weighted by molar-refractivity contribution is -0.147. The quantitative estimate of drug-likeness (QED) is 0.927. The third kappa shape index (κ3) is 3.20. The van der Waals surface area contributed by atoms with Gasteiger partial charge in [-0.05, 0) is 31.4 Å². The first-order valence-corrected chi connectivity index (χ1v) is 6.77. The van der Waals surface area contributed by atoms with Crippen molar-refractivity contribution in [2.45, 2.75) is 26.2 Å². The van der Waals surface area contributed by atoms with E-state index in [2.05, 4.69) is 0 Å². The van der Waals surface area contributed by atoms with Crippen LogP contribution >= 0.6 is 0 Å². The zero-order chi connectivity index (χ0) is 15.6. The fourth-order valence-electron chi connectivity index (χ4n) is 2.49. The molecule has 1 aromatic carbocycles. The van der Waals surface area contributed by atoms with Crippen molar-refractivity contribution in [2.24, 2.45) is 5.41 Å². The highest BCUT2D eigenvalue weighted by atomic mass is 19.2. The van der Waals surface area contributed by atoms with Crippen molar-refractivity contribution in [3.8, 4) is 0 Å². The van der Waals surface area contributed by atoms with Crippen LogP contribution in [0.3, 0.4) is 0 Å². The monoisotopic (exact) mass is 297 g/mol. The molecular formula is C15H17F2NO3. The third-order valence-corrected chi connectivity index (χ3v) is 3.98. The number of aryl methyl sites for hydroxylation is 1. The predicted octanol–water partition coefficient (Wildman–Crippen LogP) is 2.22. The van der Waals surface area contributed by atoms with E-state index in [0.29, 0.717) is 13.0 Å². The van der Waals surface area contributed by atoms with Gasteiger partial charge in [-0.3, -0.25) is 9.59 Å². The van der Waals surface area contributed by atoms with Gasteiger partial charge in [0, 0.05) is 19.5 Å². The fraction of sp³-hybridized carbons (Fsp3) is 0.467. The average Bonchev–Trinajstić information content (AvgIpc) is 2.84. The number of carbonyl (C=O) groups is 2. The maximum absolute atomic E-state index is 13.5. The lowest BCUT2D eigenvalue weighted by Gasteiger charge is -2.20. The number of rotatable bonds is 4. The number of halogens is 2. The molecule has 1 amide bonds. The Morgan fingerprint density at radius 3 is 2.71 bits per heavy atom. The molecule has 0 aliphatic carbocycles. The number of hydrogen-bond acceptors (Lipinski definition) is 2. The molecule has 1 aliphatic rings. The fourth-order valence-corrected chi connectivity index (χ4v) is 2.49. The van der Waals surface area contributed by atoms with Crippen molar-refractivity contribution in [1.29, 1.82) is 0 Å². The van der Waals surface area contributed by atoms with E-state index in [0.717, 1.165) is 6.07 Å². The lowest BCUT2D eigenvalue weighted by Crippen LogP contribution is -2.35. The van der Waals surface area contributed by atoms with Crippen LogP contribution in [0, 0.1) is 17.0 Å². The molecule has 1 saturated heterocycles. The number of aliphatic carboxylic acids is 1. The van der Waals surface area contributed by atoms with Crippen LogP contribution in [0.1, 0.15) is 25.3 Å². The highest BCUT2D eigenvalue weighted by Crippen LogP contribution is 2.30. The Bertz CT molecular complexity index is 576. The number of carboxylic acid groups (broad SMARTS) is 1. The summed E-state index contributed by atoms with van der Waals surface area (Å²) >= 11 is 0. The minimum absolute atomic E-state index is 0.0378. The molecule has 6 heteroatoms.